The molecule has 2 nitrogen and oxygen atoms in total. The van der Waals surface area contributed by atoms with Crippen molar-refractivity contribution in [3.8, 4) is 0 Å². The number of aliphatic hydroxyl groups excluding tert-OH is 1. The minimum Gasteiger partial charge on any atom is -0.388 e. The van der Waals surface area contributed by atoms with Crippen LogP contribution in [0.15, 0.2) is 12.2 Å². The average molecular weight is 112 g/mol. The lowest BCUT2D eigenvalue weighted by atomic mass is 10.1. The Bertz CT molecular complexity index is 137. The Balaban J connectivity index is 2.69. The van der Waals surface area contributed by atoms with E-state index in [9.17, 15) is 4.79 Å². The second-order valence-corrected chi connectivity index (χ2v) is 2.04. The number of rotatable bonds is 0. The maximum absolute atomic E-state index is 10.5. The Morgan fingerprint density at radius 1 is 1.75 bits per heavy atom. The van der Waals surface area contributed by atoms with Gasteiger partial charge in [-0.3, -0.25) is 4.79 Å². The third-order valence-corrected chi connectivity index (χ3v) is 1.42. The van der Waals surface area contributed by atoms with E-state index in [0.717, 1.165) is 0 Å². The minimum atomic E-state index is -0.539. The topological polar surface area (TPSA) is 37.3 Å². The Morgan fingerprint density at radius 2 is 2.38 bits per heavy atom. The number of carbonyl (C=O) groups excluding carboxylic acids is 1. The Hall–Kier alpha value is -0.630. The van der Waals surface area contributed by atoms with Crippen molar-refractivity contribution < 1.29 is 9.90 Å². The molecule has 44 valence electrons. The van der Waals surface area contributed by atoms with E-state index in [-0.39, 0.29) is 11.7 Å². The molecule has 2 heteroatoms. The molecule has 0 amide bonds. The zero-order valence-electron chi connectivity index (χ0n) is 4.66. The van der Waals surface area contributed by atoms with E-state index in [4.69, 9.17) is 5.11 Å². The minimum absolute atomic E-state index is 0.0255. The molecule has 1 aliphatic rings. The third-order valence-electron chi connectivity index (χ3n) is 1.42. The fraction of sp³-hybridized carbons (Fsp3) is 0.500. The molecule has 1 N–H and O–H groups in total. The van der Waals surface area contributed by atoms with Crippen molar-refractivity contribution in [2.24, 2.45) is 5.92 Å². The number of carbonyl (C=O) groups is 1. The lowest BCUT2D eigenvalue weighted by molar-refractivity contribution is -0.118. The van der Waals surface area contributed by atoms with Crippen molar-refractivity contribution in [2.45, 2.75) is 13.0 Å². The van der Waals surface area contributed by atoms with Crippen molar-refractivity contribution >= 4 is 5.78 Å². The highest BCUT2D eigenvalue weighted by atomic mass is 16.3. The monoisotopic (exact) mass is 112 g/mol. The van der Waals surface area contributed by atoms with Gasteiger partial charge in [-0.1, -0.05) is 13.0 Å². The van der Waals surface area contributed by atoms with E-state index in [1.54, 1.807) is 6.92 Å². The quantitative estimate of drug-likeness (QED) is 0.483. The SMILES string of the molecule is C[C@H]1C(=O)C=C[C@H]1O. The number of allylic oxidation sites excluding steroid dienone is 1. The standard InChI is InChI=1S/C6H8O2/c1-4-5(7)2-3-6(4)8/h2-5,7H,1H3/t4-,5-/m1/s1. The first-order valence-corrected chi connectivity index (χ1v) is 2.62. The Kier molecular flexibility index (Phi) is 1.18. The highest BCUT2D eigenvalue weighted by Crippen LogP contribution is 2.12. The van der Waals surface area contributed by atoms with Crippen molar-refractivity contribution in [1.82, 2.24) is 0 Å². The molecule has 8 heavy (non-hydrogen) atoms. The van der Waals surface area contributed by atoms with Crippen molar-refractivity contribution in [3.05, 3.63) is 12.2 Å². The first kappa shape index (κ1) is 5.51. The highest BCUT2D eigenvalue weighted by Gasteiger charge is 2.22. The van der Waals surface area contributed by atoms with Crippen LogP contribution in [0.25, 0.3) is 0 Å². The fourth-order valence-corrected chi connectivity index (χ4v) is 0.680. The highest BCUT2D eigenvalue weighted by molar-refractivity contribution is 5.94. The molecule has 0 saturated heterocycles. The van der Waals surface area contributed by atoms with Crippen LogP contribution >= 0.6 is 0 Å². The largest absolute Gasteiger partial charge is 0.388 e. The van der Waals surface area contributed by atoms with E-state index >= 15 is 0 Å². The van der Waals surface area contributed by atoms with Gasteiger partial charge in [0.05, 0.1) is 6.10 Å². The van der Waals surface area contributed by atoms with Gasteiger partial charge in [0.2, 0.25) is 0 Å². The number of ketones is 1. The molecule has 0 radical (unpaired) electrons. The van der Waals surface area contributed by atoms with Gasteiger partial charge in [0.1, 0.15) is 0 Å². The molecule has 0 bridgehead atoms. The van der Waals surface area contributed by atoms with Gasteiger partial charge in [0, 0.05) is 5.92 Å². The summed E-state index contributed by atoms with van der Waals surface area (Å²) in [4.78, 5) is 10.5. The number of hydrogen-bond acceptors (Lipinski definition) is 2. The molecule has 2 atom stereocenters. The summed E-state index contributed by atoms with van der Waals surface area (Å²) in [6, 6.07) is 0. The van der Waals surface area contributed by atoms with Crippen molar-refractivity contribution in [1.29, 1.82) is 0 Å². The van der Waals surface area contributed by atoms with Crippen LogP contribution in [0.3, 0.4) is 0 Å². The Morgan fingerprint density at radius 3 is 2.50 bits per heavy atom. The summed E-state index contributed by atoms with van der Waals surface area (Å²) in [5, 5.41) is 8.86. The summed E-state index contributed by atoms with van der Waals surface area (Å²) in [5.41, 5.74) is 0. The summed E-state index contributed by atoms with van der Waals surface area (Å²) in [6.07, 6.45) is 2.41. The molecule has 0 aromatic heterocycles. The summed E-state index contributed by atoms with van der Waals surface area (Å²) in [7, 11) is 0. The smallest absolute Gasteiger partial charge is 0.161 e. The molecule has 0 aromatic carbocycles. The molecule has 0 heterocycles. The molecule has 1 aliphatic carbocycles. The predicted octanol–water partition coefficient (Wildman–Crippen LogP) is 0.122. The van der Waals surface area contributed by atoms with Gasteiger partial charge >= 0.3 is 0 Å². The van der Waals surface area contributed by atoms with Gasteiger partial charge in [-0.15, -0.1) is 0 Å². The lowest BCUT2D eigenvalue weighted by Crippen LogP contribution is -2.15. The van der Waals surface area contributed by atoms with Crippen LogP contribution in [0, 0.1) is 5.92 Å². The molecule has 0 aromatic rings. The molecular weight excluding hydrogens is 104 g/mol. The molecule has 1 rings (SSSR count). The van der Waals surface area contributed by atoms with Gasteiger partial charge in [0.25, 0.3) is 0 Å². The van der Waals surface area contributed by atoms with E-state index < -0.39 is 6.10 Å². The lowest BCUT2D eigenvalue weighted by Gasteiger charge is -2.02. The zero-order chi connectivity index (χ0) is 6.15. The van der Waals surface area contributed by atoms with Crippen LogP contribution in [0.4, 0.5) is 0 Å². The van der Waals surface area contributed by atoms with Crippen molar-refractivity contribution in [3.63, 3.8) is 0 Å². The second kappa shape index (κ2) is 1.71. The number of hydrogen-bond donors (Lipinski definition) is 1. The summed E-state index contributed by atoms with van der Waals surface area (Å²) >= 11 is 0. The second-order valence-electron chi connectivity index (χ2n) is 2.04. The first-order chi connectivity index (χ1) is 3.72. The summed E-state index contributed by atoms with van der Waals surface area (Å²) < 4.78 is 0. The van der Waals surface area contributed by atoms with E-state index in [1.165, 1.54) is 12.2 Å². The average Bonchev–Trinajstić information content (AvgIpc) is 1.98. The van der Waals surface area contributed by atoms with Crippen LogP contribution in [-0.4, -0.2) is 17.0 Å². The maximum atomic E-state index is 10.5. The molecule has 0 fully saturated rings. The molecular formula is C6H8O2. The van der Waals surface area contributed by atoms with E-state index in [0.29, 0.717) is 0 Å². The van der Waals surface area contributed by atoms with Gasteiger partial charge in [-0.25, -0.2) is 0 Å². The Labute approximate surface area is 47.8 Å². The predicted molar refractivity (Wildman–Crippen MR) is 29.3 cm³/mol. The maximum Gasteiger partial charge on any atom is 0.161 e. The summed E-state index contributed by atoms with van der Waals surface area (Å²) in [5.74, 6) is -0.188. The molecule has 0 spiro atoms. The first-order valence-electron chi connectivity index (χ1n) is 2.62. The zero-order valence-corrected chi connectivity index (χ0v) is 4.66. The van der Waals surface area contributed by atoms with E-state index in [2.05, 4.69) is 0 Å². The third kappa shape index (κ3) is 0.670. The number of aliphatic hydroxyl groups is 1. The molecule has 0 aliphatic heterocycles. The van der Waals surface area contributed by atoms with Gasteiger partial charge in [-0.2, -0.15) is 0 Å². The van der Waals surface area contributed by atoms with Crippen LogP contribution in [0.5, 0.6) is 0 Å². The normalized spacial score (nSPS) is 36.5. The van der Waals surface area contributed by atoms with E-state index in [1.807, 2.05) is 0 Å². The summed E-state index contributed by atoms with van der Waals surface area (Å²) in [6.45, 7) is 1.72. The van der Waals surface area contributed by atoms with Gasteiger partial charge < -0.3 is 5.11 Å². The van der Waals surface area contributed by atoms with Gasteiger partial charge in [0.15, 0.2) is 5.78 Å². The molecule has 0 saturated carbocycles. The molecule has 0 unspecified atom stereocenters. The van der Waals surface area contributed by atoms with Crippen LogP contribution in [0.1, 0.15) is 6.92 Å². The van der Waals surface area contributed by atoms with Crippen LogP contribution in [0.2, 0.25) is 0 Å². The van der Waals surface area contributed by atoms with Crippen molar-refractivity contribution in [2.75, 3.05) is 0 Å². The van der Waals surface area contributed by atoms with Gasteiger partial charge in [-0.05, 0) is 6.08 Å². The fourth-order valence-electron chi connectivity index (χ4n) is 0.680. The van der Waals surface area contributed by atoms with Crippen LogP contribution < -0.4 is 0 Å². The van der Waals surface area contributed by atoms with Crippen LogP contribution in [-0.2, 0) is 4.79 Å².